The van der Waals surface area contributed by atoms with E-state index >= 15 is 0 Å². The lowest BCUT2D eigenvalue weighted by Crippen LogP contribution is -2.56. The number of fused-ring (bicyclic) bond motifs is 5. The molecule has 4 aliphatic rings. The van der Waals surface area contributed by atoms with Gasteiger partial charge in [-0.15, -0.1) is 0 Å². The fourth-order valence-corrected chi connectivity index (χ4v) is 8.15. The lowest BCUT2D eigenvalue weighted by Gasteiger charge is -2.61. The molecule has 0 aliphatic heterocycles. The highest BCUT2D eigenvalue weighted by molar-refractivity contribution is 5.38. The van der Waals surface area contributed by atoms with Gasteiger partial charge < -0.3 is 10.2 Å². The third kappa shape index (κ3) is 2.92. The van der Waals surface area contributed by atoms with E-state index in [1.807, 2.05) is 30.3 Å². The van der Waals surface area contributed by atoms with E-state index in [0.29, 0.717) is 17.3 Å². The fourth-order valence-electron chi connectivity index (χ4n) is 8.15. The van der Waals surface area contributed by atoms with Crippen LogP contribution in [0.2, 0.25) is 0 Å². The SMILES string of the molecule is C[C@]12CC[C@H](O)C[C@@H]1CC[C@@H]1[C@@H]2CC[C@@]2(C)[C@H]1CC[C@]2(O)C#Cc1ccccc1. The minimum absolute atomic E-state index is 0.0803. The van der Waals surface area contributed by atoms with E-state index in [-0.39, 0.29) is 11.5 Å². The molecule has 4 saturated carbocycles. The normalized spacial score (nSPS) is 48.6. The van der Waals surface area contributed by atoms with Gasteiger partial charge in [0.15, 0.2) is 0 Å². The summed E-state index contributed by atoms with van der Waals surface area (Å²) in [6.45, 7) is 4.86. The maximum absolute atomic E-state index is 11.7. The molecule has 0 spiro atoms. The summed E-state index contributed by atoms with van der Waals surface area (Å²) in [5.74, 6) is 9.40. The molecule has 156 valence electrons. The molecule has 1 aromatic rings. The predicted octanol–water partition coefficient (Wildman–Crippen LogP) is 5.17. The first kappa shape index (κ1) is 19.7. The van der Waals surface area contributed by atoms with Gasteiger partial charge in [-0.1, -0.05) is 43.9 Å². The van der Waals surface area contributed by atoms with Crippen molar-refractivity contribution >= 4 is 0 Å². The summed E-state index contributed by atoms with van der Waals surface area (Å²) in [6, 6.07) is 10.1. The molecule has 2 N–H and O–H groups in total. The summed E-state index contributed by atoms with van der Waals surface area (Å²) in [4.78, 5) is 0. The van der Waals surface area contributed by atoms with Crippen LogP contribution in [-0.2, 0) is 0 Å². The molecule has 0 aromatic heterocycles. The van der Waals surface area contributed by atoms with Crippen molar-refractivity contribution in [1.29, 1.82) is 0 Å². The third-order valence-electron chi connectivity index (χ3n) is 9.98. The van der Waals surface area contributed by atoms with Gasteiger partial charge in [0.1, 0.15) is 5.60 Å². The Morgan fingerprint density at radius 2 is 1.66 bits per heavy atom. The van der Waals surface area contributed by atoms with E-state index in [2.05, 4.69) is 25.7 Å². The standard InChI is InChI=1S/C27H36O2/c1-25-14-11-21(28)18-20(25)8-9-22-23(25)12-15-26(2)24(22)13-17-27(26,29)16-10-19-6-4-3-5-7-19/h3-7,20-24,28-29H,8-9,11-15,17-18H2,1-2H3/t20-,21-,22+,23-,24-,25-,26-,27+/m0/s1. The van der Waals surface area contributed by atoms with Crippen molar-refractivity contribution in [2.45, 2.75) is 83.3 Å². The Morgan fingerprint density at radius 3 is 2.45 bits per heavy atom. The summed E-state index contributed by atoms with van der Waals surface area (Å²) in [7, 11) is 0. The van der Waals surface area contributed by atoms with Crippen molar-refractivity contribution in [3.05, 3.63) is 35.9 Å². The molecular formula is C27H36O2. The molecule has 0 radical (unpaired) electrons. The monoisotopic (exact) mass is 392 g/mol. The lowest BCUT2D eigenvalue weighted by atomic mass is 9.44. The van der Waals surface area contributed by atoms with Crippen LogP contribution in [0, 0.1) is 46.3 Å². The Morgan fingerprint density at radius 1 is 0.897 bits per heavy atom. The van der Waals surface area contributed by atoms with E-state index < -0.39 is 5.60 Å². The summed E-state index contributed by atoms with van der Waals surface area (Å²) in [5, 5.41) is 21.9. The molecule has 0 bridgehead atoms. The minimum Gasteiger partial charge on any atom is -0.393 e. The van der Waals surface area contributed by atoms with Crippen LogP contribution >= 0.6 is 0 Å². The van der Waals surface area contributed by atoms with Gasteiger partial charge >= 0.3 is 0 Å². The van der Waals surface area contributed by atoms with Gasteiger partial charge in [-0.2, -0.15) is 0 Å². The Kier molecular flexibility index (Phi) is 4.65. The van der Waals surface area contributed by atoms with E-state index in [9.17, 15) is 10.2 Å². The van der Waals surface area contributed by atoms with Gasteiger partial charge in [-0.3, -0.25) is 0 Å². The van der Waals surface area contributed by atoms with Crippen LogP contribution in [0.5, 0.6) is 0 Å². The summed E-state index contributed by atoms with van der Waals surface area (Å²) >= 11 is 0. The molecule has 5 rings (SSSR count). The summed E-state index contributed by atoms with van der Waals surface area (Å²) < 4.78 is 0. The molecule has 29 heavy (non-hydrogen) atoms. The highest BCUT2D eigenvalue weighted by atomic mass is 16.3. The summed E-state index contributed by atoms with van der Waals surface area (Å²) in [5.41, 5.74) is 0.433. The van der Waals surface area contributed by atoms with Gasteiger partial charge in [-0.25, -0.2) is 0 Å². The maximum Gasteiger partial charge on any atom is 0.131 e. The van der Waals surface area contributed by atoms with Crippen LogP contribution in [0.4, 0.5) is 0 Å². The second-order valence-electron chi connectivity index (χ2n) is 11.1. The molecule has 8 atom stereocenters. The number of aliphatic hydroxyl groups excluding tert-OH is 1. The quantitative estimate of drug-likeness (QED) is 0.598. The first-order chi connectivity index (χ1) is 13.9. The molecule has 1 aromatic carbocycles. The van der Waals surface area contributed by atoms with Gasteiger partial charge in [0, 0.05) is 11.0 Å². The molecule has 0 saturated heterocycles. The number of hydrogen-bond acceptors (Lipinski definition) is 2. The van der Waals surface area contributed by atoms with Gasteiger partial charge in [-0.05, 0) is 99.0 Å². The lowest BCUT2D eigenvalue weighted by molar-refractivity contribution is -0.144. The zero-order chi connectivity index (χ0) is 20.3. The van der Waals surface area contributed by atoms with Gasteiger partial charge in [0.25, 0.3) is 0 Å². The average molecular weight is 393 g/mol. The van der Waals surface area contributed by atoms with Crippen LogP contribution < -0.4 is 0 Å². The Hall–Kier alpha value is -1.30. The fraction of sp³-hybridized carbons (Fsp3) is 0.704. The average Bonchev–Trinajstić information content (AvgIpc) is 2.99. The van der Waals surface area contributed by atoms with Crippen LogP contribution in [0.15, 0.2) is 30.3 Å². The van der Waals surface area contributed by atoms with Gasteiger partial charge in [0.2, 0.25) is 0 Å². The number of hydrogen-bond donors (Lipinski definition) is 2. The first-order valence-corrected chi connectivity index (χ1v) is 11.8. The molecule has 2 nitrogen and oxygen atoms in total. The topological polar surface area (TPSA) is 40.5 Å². The van der Waals surface area contributed by atoms with E-state index in [1.165, 1.54) is 25.7 Å². The Labute approximate surface area is 176 Å². The molecule has 4 aliphatic carbocycles. The van der Waals surface area contributed by atoms with Crippen molar-refractivity contribution in [2.75, 3.05) is 0 Å². The van der Waals surface area contributed by atoms with E-state index in [0.717, 1.165) is 49.5 Å². The van der Waals surface area contributed by atoms with Crippen LogP contribution in [-0.4, -0.2) is 21.9 Å². The first-order valence-electron chi connectivity index (χ1n) is 11.8. The minimum atomic E-state index is -0.862. The smallest absolute Gasteiger partial charge is 0.131 e. The van der Waals surface area contributed by atoms with Crippen molar-refractivity contribution in [3.63, 3.8) is 0 Å². The van der Waals surface area contributed by atoms with Crippen LogP contribution in [0.3, 0.4) is 0 Å². The van der Waals surface area contributed by atoms with E-state index in [4.69, 9.17) is 0 Å². The summed E-state index contributed by atoms with van der Waals surface area (Å²) in [6.07, 6.45) is 9.86. The number of aliphatic hydroxyl groups is 2. The second-order valence-corrected chi connectivity index (χ2v) is 11.1. The highest BCUT2D eigenvalue weighted by Gasteiger charge is 2.64. The van der Waals surface area contributed by atoms with Crippen LogP contribution in [0.1, 0.15) is 77.2 Å². The Balaban J connectivity index is 1.42. The van der Waals surface area contributed by atoms with E-state index in [1.54, 1.807) is 0 Å². The predicted molar refractivity (Wildman–Crippen MR) is 116 cm³/mol. The van der Waals surface area contributed by atoms with Crippen molar-refractivity contribution < 1.29 is 10.2 Å². The van der Waals surface area contributed by atoms with Crippen molar-refractivity contribution in [3.8, 4) is 11.8 Å². The zero-order valence-corrected chi connectivity index (χ0v) is 18.0. The molecule has 2 heteroatoms. The second kappa shape index (κ2) is 6.86. The molecule has 4 fully saturated rings. The number of benzene rings is 1. The van der Waals surface area contributed by atoms with Crippen molar-refractivity contribution in [2.24, 2.45) is 34.5 Å². The highest BCUT2D eigenvalue weighted by Crippen LogP contribution is 2.68. The molecule has 0 heterocycles. The largest absolute Gasteiger partial charge is 0.393 e. The molecular weight excluding hydrogens is 356 g/mol. The zero-order valence-electron chi connectivity index (χ0n) is 18.0. The Bertz CT molecular complexity index is 822. The third-order valence-corrected chi connectivity index (χ3v) is 9.98. The maximum atomic E-state index is 11.7. The van der Waals surface area contributed by atoms with Gasteiger partial charge in [0.05, 0.1) is 6.10 Å². The molecule has 0 unspecified atom stereocenters. The molecule has 0 amide bonds. The number of rotatable bonds is 0. The van der Waals surface area contributed by atoms with Crippen LogP contribution in [0.25, 0.3) is 0 Å². The van der Waals surface area contributed by atoms with Crippen molar-refractivity contribution in [1.82, 2.24) is 0 Å².